The Morgan fingerprint density at radius 3 is 2.18 bits per heavy atom. The number of carbonyl (C=O) groups is 3. The lowest BCUT2D eigenvalue weighted by Crippen LogP contribution is -2.65. The number of carbonyl (C=O) groups excluding carboxylic acids is 3. The number of benzene rings is 2. The van der Waals surface area contributed by atoms with E-state index in [9.17, 15) is 14.4 Å². The maximum atomic E-state index is 14.0. The van der Waals surface area contributed by atoms with E-state index in [0.717, 1.165) is 35.1 Å². The molecule has 49 heavy (non-hydrogen) atoms. The summed E-state index contributed by atoms with van der Waals surface area (Å²) < 4.78 is 24.8. The average Bonchev–Trinajstić information content (AvgIpc) is 3.55. The van der Waals surface area contributed by atoms with Gasteiger partial charge in [-0.25, -0.2) is 0 Å². The summed E-state index contributed by atoms with van der Waals surface area (Å²) in [5.41, 5.74) is 3.71. The Balaban J connectivity index is 1.12. The van der Waals surface area contributed by atoms with E-state index in [1.807, 2.05) is 24.3 Å². The van der Waals surface area contributed by atoms with Gasteiger partial charge in [-0.3, -0.25) is 14.4 Å². The van der Waals surface area contributed by atoms with E-state index in [-0.39, 0.29) is 55.1 Å². The van der Waals surface area contributed by atoms with Crippen molar-refractivity contribution in [3.63, 3.8) is 0 Å². The molecule has 4 fully saturated rings. The second-order valence-corrected chi connectivity index (χ2v) is 17.0. The van der Waals surface area contributed by atoms with Gasteiger partial charge in [0.2, 0.25) is 5.91 Å². The minimum Gasteiger partial charge on any atom is -0.465 e. The van der Waals surface area contributed by atoms with E-state index >= 15 is 0 Å². The van der Waals surface area contributed by atoms with Crippen LogP contribution < -0.4 is 5.32 Å². The van der Waals surface area contributed by atoms with E-state index in [4.69, 9.17) is 18.8 Å². The van der Waals surface area contributed by atoms with Crippen LogP contribution in [0.15, 0.2) is 48.5 Å². The molecule has 3 saturated carbocycles. The fraction of sp³-hybridized carbons (Fsp3) is 0.625. The van der Waals surface area contributed by atoms with E-state index in [1.165, 1.54) is 0 Å². The molecule has 6 atom stereocenters. The van der Waals surface area contributed by atoms with Gasteiger partial charge in [-0.15, -0.1) is 0 Å². The summed E-state index contributed by atoms with van der Waals surface area (Å²) in [5.74, 6) is -1.13. The maximum absolute atomic E-state index is 14.0. The zero-order valence-electron chi connectivity index (χ0n) is 30.5. The summed E-state index contributed by atoms with van der Waals surface area (Å²) in [6.45, 7) is 16.7. The minimum atomic E-state index is -0.781. The Bertz CT molecular complexity index is 1520. The van der Waals surface area contributed by atoms with Crippen molar-refractivity contribution < 1.29 is 33.2 Å². The SMILES string of the molecule is CC(C)C[C@H](NC(=O)[C@H](CCC(=O)OCC1c2ccccc2-c2ccccc21)CC(=O)OC(C)(C)C)B1O[C@@H]2C[C@H]3C[C@H](C3(C)C)[C@]2(C)O1. The van der Waals surface area contributed by atoms with E-state index < -0.39 is 42.1 Å². The molecule has 2 aromatic carbocycles. The van der Waals surface area contributed by atoms with Gasteiger partial charge >= 0.3 is 19.1 Å². The molecule has 1 saturated heterocycles. The lowest BCUT2D eigenvalue weighted by Gasteiger charge is -2.64. The third-order valence-corrected chi connectivity index (χ3v) is 11.6. The van der Waals surface area contributed by atoms with Crippen LogP contribution in [0.2, 0.25) is 0 Å². The van der Waals surface area contributed by atoms with Crippen molar-refractivity contribution in [3.8, 4) is 11.1 Å². The molecule has 0 aromatic heterocycles. The Morgan fingerprint density at radius 1 is 0.959 bits per heavy atom. The minimum absolute atomic E-state index is 0.000466. The highest BCUT2D eigenvalue weighted by atomic mass is 16.7. The fourth-order valence-corrected chi connectivity index (χ4v) is 9.01. The average molecular weight is 672 g/mol. The number of hydrogen-bond donors (Lipinski definition) is 1. The van der Waals surface area contributed by atoms with Crippen LogP contribution in [0, 0.1) is 29.1 Å². The Kier molecular flexibility index (Phi) is 9.84. The van der Waals surface area contributed by atoms with Crippen LogP contribution in [-0.2, 0) is 33.2 Å². The van der Waals surface area contributed by atoms with Gasteiger partial charge in [0.25, 0.3) is 0 Å². The molecule has 1 amide bonds. The normalized spacial score (nSPS) is 26.2. The number of hydrogen-bond acceptors (Lipinski definition) is 7. The third-order valence-electron chi connectivity index (χ3n) is 11.6. The third kappa shape index (κ3) is 7.21. The van der Waals surface area contributed by atoms with Gasteiger partial charge in [-0.1, -0.05) is 76.2 Å². The second kappa shape index (κ2) is 13.5. The van der Waals surface area contributed by atoms with Crippen LogP contribution in [0.3, 0.4) is 0 Å². The molecular weight excluding hydrogens is 617 g/mol. The molecular formula is C40H54BNO7. The second-order valence-electron chi connectivity index (χ2n) is 17.0. The van der Waals surface area contributed by atoms with Crippen molar-refractivity contribution in [2.24, 2.45) is 29.1 Å². The van der Waals surface area contributed by atoms with E-state index in [1.54, 1.807) is 20.8 Å². The van der Waals surface area contributed by atoms with Crippen LogP contribution in [0.25, 0.3) is 11.1 Å². The van der Waals surface area contributed by atoms with Crippen molar-refractivity contribution >= 4 is 25.0 Å². The van der Waals surface area contributed by atoms with Crippen molar-refractivity contribution in [3.05, 3.63) is 59.7 Å². The van der Waals surface area contributed by atoms with Gasteiger partial charge in [0.15, 0.2) is 0 Å². The number of amides is 1. The van der Waals surface area contributed by atoms with Crippen molar-refractivity contribution in [1.29, 1.82) is 0 Å². The molecule has 9 heteroatoms. The predicted molar refractivity (Wildman–Crippen MR) is 189 cm³/mol. The van der Waals surface area contributed by atoms with Crippen molar-refractivity contribution in [2.75, 3.05) is 6.61 Å². The van der Waals surface area contributed by atoms with Gasteiger partial charge in [0.05, 0.1) is 24.1 Å². The molecule has 8 nitrogen and oxygen atoms in total. The summed E-state index contributed by atoms with van der Waals surface area (Å²) in [6, 6.07) is 16.4. The van der Waals surface area contributed by atoms with Crippen LogP contribution in [0.5, 0.6) is 0 Å². The summed E-state index contributed by atoms with van der Waals surface area (Å²) in [4.78, 5) is 40.3. The number of fused-ring (bicyclic) bond motifs is 3. The van der Waals surface area contributed by atoms with Gasteiger partial charge in [0, 0.05) is 18.3 Å². The highest BCUT2D eigenvalue weighted by Crippen LogP contribution is 2.65. The molecule has 0 radical (unpaired) electrons. The Morgan fingerprint density at radius 2 is 1.59 bits per heavy atom. The predicted octanol–water partition coefficient (Wildman–Crippen LogP) is 7.27. The topological polar surface area (TPSA) is 100 Å². The van der Waals surface area contributed by atoms with Crippen molar-refractivity contribution in [1.82, 2.24) is 5.32 Å². The highest BCUT2D eigenvalue weighted by Gasteiger charge is 2.68. The number of rotatable bonds is 12. The molecule has 0 unspecified atom stereocenters. The maximum Gasteiger partial charge on any atom is 0.481 e. The Labute approximate surface area is 292 Å². The zero-order chi connectivity index (χ0) is 35.3. The lowest BCUT2D eigenvalue weighted by atomic mass is 9.43. The first-order valence-electron chi connectivity index (χ1n) is 18.3. The standard InChI is InChI=1S/C40H54BNO7/c1-24(2)19-34(41-48-33-22-26-21-32(39(26,6)7)40(33,8)49-41)42-37(45)25(20-36(44)47-38(3,4)5)17-18-35(43)46-23-31-29-15-11-9-13-27(29)28-14-10-12-16-30(28)31/h9-16,24-26,31-34H,17-23H2,1-8H3,(H,42,45)/t25-,26-,32-,33-,34+,40+/m1/s1. The zero-order valence-corrected chi connectivity index (χ0v) is 30.5. The monoisotopic (exact) mass is 671 g/mol. The lowest BCUT2D eigenvalue weighted by molar-refractivity contribution is -0.199. The molecule has 2 aromatic rings. The van der Waals surface area contributed by atoms with Gasteiger partial charge in [-0.2, -0.15) is 0 Å². The first kappa shape index (κ1) is 35.7. The molecule has 1 N–H and O–H groups in total. The number of ether oxygens (including phenoxy) is 2. The molecule has 264 valence electrons. The largest absolute Gasteiger partial charge is 0.481 e. The molecule has 1 aliphatic heterocycles. The summed E-state index contributed by atoms with van der Waals surface area (Å²) in [6.07, 6.45) is 2.76. The molecule has 1 heterocycles. The van der Waals surface area contributed by atoms with E-state index in [0.29, 0.717) is 18.3 Å². The van der Waals surface area contributed by atoms with Crippen LogP contribution in [0.1, 0.15) is 111 Å². The highest BCUT2D eigenvalue weighted by molar-refractivity contribution is 6.47. The van der Waals surface area contributed by atoms with Gasteiger partial charge in [-0.05, 0) is 98.8 Å². The molecule has 2 bridgehead atoms. The number of nitrogens with one attached hydrogen (secondary N) is 1. The molecule has 4 aliphatic carbocycles. The summed E-state index contributed by atoms with van der Waals surface area (Å²) >= 11 is 0. The van der Waals surface area contributed by atoms with Crippen LogP contribution in [0.4, 0.5) is 0 Å². The molecule has 0 spiro atoms. The first-order chi connectivity index (χ1) is 23.1. The number of esters is 2. The Hall–Kier alpha value is -3.17. The van der Waals surface area contributed by atoms with Gasteiger partial charge in [0.1, 0.15) is 12.2 Å². The quantitative estimate of drug-likeness (QED) is 0.187. The van der Waals surface area contributed by atoms with Crippen LogP contribution >= 0.6 is 0 Å². The molecule has 7 rings (SSSR count). The fourth-order valence-electron chi connectivity index (χ4n) is 9.01. The smallest absolute Gasteiger partial charge is 0.465 e. The first-order valence-corrected chi connectivity index (χ1v) is 18.3. The summed E-state index contributed by atoms with van der Waals surface area (Å²) in [5, 5.41) is 3.21. The van der Waals surface area contributed by atoms with Gasteiger partial charge < -0.3 is 24.1 Å². The summed E-state index contributed by atoms with van der Waals surface area (Å²) in [7, 11) is -0.583. The van der Waals surface area contributed by atoms with E-state index in [2.05, 4.69) is 64.2 Å². The molecule has 5 aliphatic rings. The van der Waals surface area contributed by atoms with Crippen LogP contribution in [-0.4, -0.2) is 54.8 Å². The van der Waals surface area contributed by atoms with Crippen molar-refractivity contribution in [2.45, 2.75) is 123 Å².